The molecular weight excluding hydrogens is 298 g/mol. The van der Waals surface area contributed by atoms with Crippen LogP contribution in [-0.4, -0.2) is 28.0 Å². The maximum atomic E-state index is 12.1. The Morgan fingerprint density at radius 1 is 1.55 bits per heavy atom. The van der Waals surface area contributed by atoms with E-state index in [0.717, 1.165) is 11.8 Å². The van der Waals surface area contributed by atoms with Gasteiger partial charge in [0.2, 0.25) is 0 Å². The SMILES string of the molecule is CCC(C)(NC(=O)c1ccc(Cl)nc1)C(=O)CSC#N. The molecule has 0 saturated carbocycles. The number of halogens is 1. The molecule has 0 bridgehead atoms. The van der Waals surface area contributed by atoms with Gasteiger partial charge in [-0.25, -0.2) is 4.98 Å². The minimum atomic E-state index is -0.999. The number of nitriles is 1. The number of aromatic nitrogens is 1. The molecule has 20 heavy (non-hydrogen) atoms. The van der Waals surface area contributed by atoms with Crippen molar-refractivity contribution in [3.63, 3.8) is 0 Å². The van der Waals surface area contributed by atoms with Crippen LogP contribution in [0, 0.1) is 10.7 Å². The maximum Gasteiger partial charge on any atom is 0.253 e. The van der Waals surface area contributed by atoms with Gasteiger partial charge in [0.1, 0.15) is 10.6 Å². The fourth-order valence-electron chi connectivity index (χ4n) is 1.45. The van der Waals surface area contributed by atoms with Gasteiger partial charge in [-0.1, -0.05) is 18.5 Å². The van der Waals surface area contributed by atoms with Crippen LogP contribution >= 0.6 is 23.4 Å². The zero-order valence-electron chi connectivity index (χ0n) is 11.1. The average molecular weight is 312 g/mol. The summed E-state index contributed by atoms with van der Waals surface area (Å²) >= 11 is 6.51. The fourth-order valence-corrected chi connectivity index (χ4v) is 2.07. The van der Waals surface area contributed by atoms with Crippen LogP contribution in [0.4, 0.5) is 0 Å². The monoisotopic (exact) mass is 311 g/mol. The normalized spacial score (nSPS) is 13.1. The van der Waals surface area contributed by atoms with Gasteiger partial charge in [-0.3, -0.25) is 9.59 Å². The number of nitrogens with zero attached hydrogens (tertiary/aromatic N) is 2. The summed E-state index contributed by atoms with van der Waals surface area (Å²) in [5.74, 6) is -0.546. The van der Waals surface area contributed by atoms with Gasteiger partial charge in [0.25, 0.3) is 5.91 Å². The smallest absolute Gasteiger partial charge is 0.253 e. The van der Waals surface area contributed by atoms with E-state index >= 15 is 0 Å². The van der Waals surface area contributed by atoms with E-state index in [4.69, 9.17) is 16.9 Å². The van der Waals surface area contributed by atoms with Gasteiger partial charge in [-0.2, -0.15) is 5.26 Å². The number of thiocyanates is 1. The van der Waals surface area contributed by atoms with Crippen LogP contribution < -0.4 is 5.32 Å². The highest BCUT2D eigenvalue weighted by Crippen LogP contribution is 2.15. The number of ketones is 1. The molecule has 1 N–H and O–H groups in total. The van der Waals surface area contributed by atoms with E-state index in [1.165, 1.54) is 18.3 Å². The standard InChI is InChI=1S/C13H14ClN3O2S/c1-3-13(2,10(18)7-20-8-15)17-12(19)9-4-5-11(14)16-6-9/h4-6H,3,7H2,1-2H3,(H,17,19). The summed E-state index contributed by atoms with van der Waals surface area (Å²) < 4.78 is 0. The Balaban J connectivity index is 2.81. The number of Topliss-reactive ketones (excluding diaryl/α,β-unsaturated/α-hetero) is 1. The topological polar surface area (TPSA) is 82.8 Å². The highest BCUT2D eigenvalue weighted by molar-refractivity contribution is 8.04. The number of carbonyl (C=O) groups excluding carboxylic acids is 2. The lowest BCUT2D eigenvalue weighted by Gasteiger charge is -2.27. The van der Waals surface area contributed by atoms with E-state index < -0.39 is 11.4 Å². The van der Waals surface area contributed by atoms with Crippen molar-refractivity contribution in [2.75, 3.05) is 5.75 Å². The highest BCUT2D eigenvalue weighted by atomic mass is 35.5. The van der Waals surface area contributed by atoms with E-state index in [1.54, 1.807) is 13.8 Å². The summed E-state index contributed by atoms with van der Waals surface area (Å²) in [6, 6.07) is 3.04. The first-order valence-electron chi connectivity index (χ1n) is 5.91. The molecule has 0 aliphatic heterocycles. The van der Waals surface area contributed by atoms with E-state index in [2.05, 4.69) is 10.3 Å². The Morgan fingerprint density at radius 3 is 2.75 bits per heavy atom. The first-order valence-corrected chi connectivity index (χ1v) is 7.27. The van der Waals surface area contributed by atoms with E-state index in [9.17, 15) is 9.59 Å². The number of pyridine rings is 1. The van der Waals surface area contributed by atoms with Gasteiger partial charge >= 0.3 is 0 Å². The quantitative estimate of drug-likeness (QED) is 0.644. The van der Waals surface area contributed by atoms with Crippen LogP contribution in [0.15, 0.2) is 18.3 Å². The number of hydrogen-bond acceptors (Lipinski definition) is 5. The van der Waals surface area contributed by atoms with Crippen LogP contribution in [0.2, 0.25) is 5.15 Å². The predicted octanol–water partition coefficient (Wildman–Crippen LogP) is 2.42. The van der Waals surface area contributed by atoms with Crippen molar-refractivity contribution in [1.29, 1.82) is 5.26 Å². The third-order valence-corrected chi connectivity index (χ3v) is 3.73. The van der Waals surface area contributed by atoms with Gasteiger partial charge < -0.3 is 5.32 Å². The van der Waals surface area contributed by atoms with Crippen molar-refractivity contribution in [2.45, 2.75) is 25.8 Å². The minimum Gasteiger partial charge on any atom is -0.340 e. The Bertz CT molecular complexity index is 542. The number of nitrogens with one attached hydrogen (secondary N) is 1. The molecule has 5 nitrogen and oxygen atoms in total. The molecule has 0 saturated heterocycles. The van der Waals surface area contributed by atoms with Gasteiger partial charge in [-0.15, -0.1) is 0 Å². The van der Waals surface area contributed by atoms with Crippen molar-refractivity contribution in [2.24, 2.45) is 0 Å². The van der Waals surface area contributed by atoms with Crippen molar-refractivity contribution < 1.29 is 9.59 Å². The number of hydrogen-bond donors (Lipinski definition) is 1. The molecule has 1 amide bonds. The number of amides is 1. The summed E-state index contributed by atoms with van der Waals surface area (Å²) in [5, 5.41) is 13.3. The lowest BCUT2D eigenvalue weighted by atomic mass is 9.93. The van der Waals surface area contributed by atoms with E-state index in [-0.39, 0.29) is 11.5 Å². The molecular formula is C13H14ClN3O2S. The largest absolute Gasteiger partial charge is 0.340 e. The van der Waals surface area contributed by atoms with Crippen LogP contribution in [-0.2, 0) is 4.79 Å². The summed E-state index contributed by atoms with van der Waals surface area (Å²) in [7, 11) is 0. The maximum absolute atomic E-state index is 12.1. The van der Waals surface area contributed by atoms with Crippen molar-refractivity contribution in [3.05, 3.63) is 29.0 Å². The Morgan fingerprint density at radius 2 is 2.25 bits per heavy atom. The molecule has 1 aromatic rings. The Hall–Kier alpha value is -1.58. The summed E-state index contributed by atoms with van der Waals surface area (Å²) in [4.78, 5) is 28.0. The molecule has 7 heteroatoms. The molecule has 0 spiro atoms. The Labute approximate surface area is 126 Å². The van der Waals surface area contributed by atoms with Crippen LogP contribution in [0.1, 0.15) is 30.6 Å². The van der Waals surface area contributed by atoms with Crippen molar-refractivity contribution in [3.8, 4) is 5.40 Å². The lowest BCUT2D eigenvalue weighted by molar-refractivity contribution is -0.122. The summed E-state index contributed by atoms with van der Waals surface area (Å²) in [5.41, 5.74) is -0.671. The minimum absolute atomic E-state index is 0.0417. The zero-order chi connectivity index (χ0) is 15.2. The first-order chi connectivity index (χ1) is 9.42. The third kappa shape index (κ3) is 4.22. The number of rotatable bonds is 6. The van der Waals surface area contributed by atoms with Crippen LogP contribution in [0.3, 0.4) is 0 Å². The summed E-state index contributed by atoms with van der Waals surface area (Å²) in [6.45, 7) is 3.45. The molecule has 1 unspecified atom stereocenters. The molecule has 0 aliphatic rings. The second kappa shape index (κ2) is 7.27. The van der Waals surface area contributed by atoms with Gasteiger partial charge in [0.05, 0.1) is 16.9 Å². The van der Waals surface area contributed by atoms with E-state index in [1.807, 2.05) is 5.40 Å². The third-order valence-electron chi connectivity index (χ3n) is 2.97. The van der Waals surface area contributed by atoms with Gasteiger partial charge in [0.15, 0.2) is 5.78 Å². The molecule has 1 heterocycles. The van der Waals surface area contributed by atoms with Gasteiger partial charge in [0, 0.05) is 6.20 Å². The highest BCUT2D eigenvalue weighted by Gasteiger charge is 2.32. The molecule has 0 aromatic carbocycles. The molecule has 1 atom stereocenters. The van der Waals surface area contributed by atoms with Crippen LogP contribution in [0.25, 0.3) is 0 Å². The molecule has 0 fully saturated rings. The Kier molecular flexibility index (Phi) is 5.99. The molecule has 106 valence electrons. The van der Waals surface area contributed by atoms with Crippen LogP contribution in [0.5, 0.6) is 0 Å². The lowest BCUT2D eigenvalue weighted by Crippen LogP contribution is -2.52. The van der Waals surface area contributed by atoms with Crippen molar-refractivity contribution >= 4 is 35.1 Å². The fraction of sp³-hybridized carbons (Fsp3) is 0.385. The molecule has 1 rings (SSSR count). The van der Waals surface area contributed by atoms with Crippen molar-refractivity contribution in [1.82, 2.24) is 10.3 Å². The van der Waals surface area contributed by atoms with E-state index in [0.29, 0.717) is 17.1 Å². The second-order valence-electron chi connectivity index (χ2n) is 4.31. The molecule has 0 radical (unpaired) electrons. The second-order valence-corrected chi connectivity index (χ2v) is 5.46. The van der Waals surface area contributed by atoms with Gasteiger partial charge in [-0.05, 0) is 37.2 Å². The molecule has 1 aromatic heterocycles. The zero-order valence-corrected chi connectivity index (χ0v) is 12.7. The number of carbonyl (C=O) groups is 2. The predicted molar refractivity (Wildman–Crippen MR) is 78.5 cm³/mol. The average Bonchev–Trinajstić information content (AvgIpc) is 2.45. The summed E-state index contributed by atoms with van der Waals surface area (Å²) in [6.07, 6.45) is 1.78. The number of thioether (sulfide) groups is 1. The first kappa shape index (κ1) is 16.5. The molecule has 0 aliphatic carbocycles.